The van der Waals surface area contributed by atoms with E-state index in [1.54, 1.807) is 0 Å². The molecule has 1 fully saturated rings. The van der Waals surface area contributed by atoms with Gasteiger partial charge in [-0.25, -0.2) is 0 Å². The highest BCUT2D eigenvalue weighted by atomic mass is 16.2. The fourth-order valence-corrected chi connectivity index (χ4v) is 3.49. The van der Waals surface area contributed by atoms with Crippen LogP contribution in [0.15, 0.2) is 36.4 Å². The van der Waals surface area contributed by atoms with Crippen LogP contribution in [0.4, 0.5) is 0 Å². The standard InChI is InChI=1S/C20H25N3O2/c1-15-14-16(2)23(21-15)13-10-19(24)22-11-8-18(9-12-22)20(25)17-6-4-3-5-7-17/h3-7,14,18H,8-13H2,1-2H3. The third-order valence-electron chi connectivity index (χ3n) is 4.92. The average molecular weight is 339 g/mol. The number of Topliss-reactive ketones (excluding diaryl/α,β-unsaturated/α-hetero) is 1. The van der Waals surface area contributed by atoms with Crippen LogP contribution in [0.2, 0.25) is 0 Å². The van der Waals surface area contributed by atoms with E-state index in [1.807, 2.05) is 59.8 Å². The van der Waals surface area contributed by atoms with Crippen LogP contribution in [-0.4, -0.2) is 39.5 Å². The van der Waals surface area contributed by atoms with Crippen molar-refractivity contribution in [2.75, 3.05) is 13.1 Å². The molecule has 0 atom stereocenters. The van der Waals surface area contributed by atoms with Crippen molar-refractivity contribution in [2.24, 2.45) is 5.92 Å². The van der Waals surface area contributed by atoms with Gasteiger partial charge in [-0.3, -0.25) is 14.3 Å². The minimum Gasteiger partial charge on any atom is -0.343 e. The zero-order valence-electron chi connectivity index (χ0n) is 14.9. The molecule has 3 rings (SSSR count). The molecule has 1 aromatic carbocycles. The van der Waals surface area contributed by atoms with E-state index in [9.17, 15) is 9.59 Å². The number of rotatable bonds is 5. The van der Waals surface area contributed by atoms with Gasteiger partial charge in [0.05, 0.1) is 5.69 Å². The quantitative estimate of drug-likeness (QED) is 0.787. The van der Waals surface area contributed by atoms with E-state index in [-0.39, 0.29) is 17.6 Å². The summed E-state index contributed by atoms with van der Waals surface area (Å²) in [6, 6.07) is 11.5. The number of amides is 1. The van der Waals surface area contributed by atoms with Gasteiger partial charge in [-0.1, -0.05) is 30.3 Å². The number of carbonyl (C=O) groups excluding carboxylic acids is 2. The summed E-state index contributed by atoms with van der Waals surface area (Å²) in [5.41, 5.74) is 2.83. The molecular formula is C20H25N3O2. The molecule has 1 aliphatic heterocycles. The van der Waals surface area contributed by atoms with Crippen molar-refractivity contribution < 1.29 is 9.59 Å². The summed E-state index contributed by atoms with van der Waals surface area (Å²) in [6.45, 7) is 5.91. The zero-order valence-corrected chi connectivity index (χ0v) is 14.9. The SMILES string of the molecule is Cc1cc(C)n(CCC(=O)N2CCC(C(=O)c3ccccc3)CC2)n1. The first-order valence-electron chi connectivity index (χ1n) is 8.92. The second kappa shape index (κ2) is 7.64. The number of aryl methyl sites for hydroxylation is 3. The molecule has 5 heteroatoms. The van der Waals surface area contributed by atoms with E-state index < -0.39 is 0 Å². The Morgan fingerprint density at radius 2 is 1.80 bits per heavy atom. The lowest BCUT2D eigenvalue weighted by atomic mass is 9.89. The van der Waals surface area contributed by atoms with Gasteiger partial charge < -0.3 is 4.90 Å². The number of nitrogens with zero attached hydrogens (tertiary/aromatic N) is 3. The number of aromatic nitrogens is 2. The van der Waals surface area contributed by atoms with Gasteiger partial charge in [0.1, 0.15) is 0 Å². The first-order chi connectivity index (χ1) is 12.0. The van der Waals surface area contributed by atoms with E-state index in [0.717, 1.165) is 29.8 Å². The molecular weight excluding hydrogens is 314 g/mol. The normalized spacial score (nSPS) is 15.4. The van der Waals surface area contributed by atoms with Crippen molar-refractivity contribution in [1.29, 1.82) is 0 Å². The minimum atomic E-state index is 0.0301. The third kappa shape index (κ3) is 4.16. The largest absolute Gasteiger partial charge is 0.343 e. The first-order valence-corrected chi connectivity index (χ1v) is 8.92. The topological polar surface area (TPSA) is 55.2 Å². The van der Waals surface area contributed by atoms with Crippen LogP contribution in [0.1, 0.15) is 41.0 Å². The molecule has 0 N–H and O–H groups in total. The summed E-state index contributed by atoms with van der Waals surface area (Å²) >= 11 is 0. The van der Waals surface area contributed by atoms with E-state index >= 15 is 0 Å². The summed E-state index contributed by atoms with van der Waals surface area (Å²) in [7, 11) is 0. The van der Waals surface area contributed by atoms with Crippen LogP contribution < -0.4 is 0 Å². The number of hydrogen-bond donors (Lipinski definition) is 0. The first kappa shape index (κ1) is 17.4. The van der Waals surface area contributed by atoms with Crippen molar-refractivity contribution in [3.05, 3.63) is 53.3 Å². The van der Waals surface area contributed by atoms with Crippen molar-refractivity contribution in [1.82, 2.24) is 14.7 Å². The predicted molar refractivity (Wildman–Crippen MR) is 96.4 cm³/mol. The molecule has 0 bridgehead atoms. The minimum absolute atomic E-state index is 0.0301. The number of benzene rings is 1. The molecule has 1 aliphatic rings. The lowest BCUT2D eigenvalue weighted by molar-refractivity contribution is -0.132. The number of piperidine rings is 1. The zero-order chi connectivity index (χ0) is 17.8. The molecule has 0 aliphatic carbocycles. The fourth-order valence-electron chi connectivity index (χ4n) is 3.49. The Kier molecular flexibility index (Phi) is 5.31. The second-order valence-corrected chi connectivity index (χ2v) is 6.79. The van der Waals surface area contributed by atoms with Gasteiger partial charge in [-0.2, -0.15) is 5.10 Å². The van der Waals surface area contributed by atoms with Crippen molar-refractivity contribution >= 4 is 11.7 Å². The van der Waals surface area contributed by atoms with Crippen LogP contribution in [0.25, 0.3) is 0 Å². The maximum absolute atomic E-state index is 12.5. The molecule has 0 radical (unpaired) electrons. The lowest BCUT2D eigenvalue weighted by Crippen LogP contribution is -2.40. The Morgan fingerprint density at radius 3 is 2.40 bits per heavy atom. The van der Waals surface area contributed by atoms with Gasteiger partial charge in [-0.05, 0) is 32.8 Å². The molecule has 2 heterocycles. The predicted octanol–water partition coefficient (Wildman–Crippen LogP) is 3.01. The maximum Gasteiger partial charge on any atom is 0.224 e. The van der Waals surface area contributed by atoms with Crippen molar-refractivity contribution in [3.63, 3.8) is 0 Å². The Bertz CT molecular complexity index is 744. The Hall–Kier alpha value is -2.43. The Morgan fingerprint density at radius 1 is 1.12 bits per heavy atom. The number of ketones is 1. The number of likely N-dealkylation sites (tertiary alicyclic amines) is 1. The molecule has 1 aromatic heterocycles. The molecule has 132 valence electrons. The Balaban J connectivity index is 1.49. The van der Waals surface area contributed by atoms with Crippen LogP contribution >= 0.6 is 0 Å². The summed E-state index contributed by atoms with van der Waals surface area (Å²) in [5.74, 6) is 0.385. The van der Waals surface area contributed by atoms with Gasteiger partial charge in [0.2, 0.25) is 5.91 Å². The van der Waals surface area contributed by atoms with Crippen LogP contribution in [0.3, 0.4) is 0 Å². The Labute approximate surface area is 148 Å². The van der Waals surface area contributed by atoms with E-state index in [2.05, 4.69) is 5.10 Å². The van der Waals surface area contributed by atoms with Crippen molar-refractivity contribution in [2.45, 2.75) is 39.7 Å². The summed E-state index contributed by atoms with van der Waals surface area (Å²) in [5, 5.41) is 4.40. The lowest BCUT2D eigenvalue weighted by Gasteiger charge is -2.31. The van der Waals surface area contributed by atoms with Gasteiger partial charge in [0, 0.05) is 43.2 Å². The van der Waals surface area contributed by atoms with Gasteiger partial charge in [0.25, 0.3) is 0 Å². The van der Waals surface area contributed by atoms with Crippen LogP contribution in [-0.2, 0) is 11.3 Å². The third-order valence-corrected chi connectivity index (χ3v) is 4.92. The smallest absolute Gasteiger partial charge is 0.224 e. The monoisotopic (exact) mass is 339 g/mol. The van der Waals surface area contributed by atoms with E-state index in [1.165, 1.54) is 0 Å². The summed E-state index contributed by atoms with van der Waals surface area (Å²) in [4.78, 5) is 26.8. The molecule has 1 amide bonds. The van der Waals surface area contributed by atoms with Crippen LogP contribution in [0.5, 0.6) is 0 Å². The fraction of sp³-hybridized carbons (Fsp3) is 0.450. The summed E-state index contributed by atoms with van der Waals surface area (Å²) in [6.07, 6.45) is 1.96. The highest BCUT2D eigenvalue weighted by Gasteiger charge is 2.27. The summed E-state index contributed by atoms with van der Waals surface area (Å²) < 4.78 is 1.89. The van der Waals surface area contributed by atoms with Crippen LogP contribution in [0, 0.1) is 19.8 Å². The molecule has 0 saturated carbocycles. The van der Waals surface area contributed by atoms with E-state index in [0.29, 0.717) is 26.1 Å². The highest BCUT2D eigenvalue weighted by Crippen LogP contribution is 2.22. The average Bonchev–Trinajstić information content (AvgIpc) is 2.97. The number of hydrogen-bond acceptors (Lipinski definition) is 3. The maximum atomic E-state index is 12.5. The molecule has 25 heavy (non-hydrogen) atoms. The molecule has 1 saturated heterocycles. The van der Waals surface area contributed by atoms with E-state index in [4.69, 9.17) is 0 Å². The molecule has 5 nitrogen and oxygen atoms in total. The van der Waals surface area contributed by atoms with Gasteiger partial charge in [-0.15, -0.1) is 0 Å². The molecule has 2 aromatic rings. The number of carbonyl (C=O) groups is 2. The molecule has 0 spiro atoms. The molecule has 0 unspecified atom stereocenters. The van der Waals surface area contributed by atoms with Gasteiger partial charge in [0.15, 0.2) is 5.78 Å². The second-order valence-electron chi connectivity index (χ2n) is 6.79. The van der Waals surface area contributed by atoms with Crippen molar-refractivity contribution in [3.8, 4) is 0 Å². The van der Waals surface area contributed by atoms with Gasteiger partial charge >= 0.3 is 0 Å². The highest BCUT2D eigenvalue weighted by molar-refractivity contribution is 5.98.